The van der Waals surface area contributed by atoms with E-state index in [4.69, 9.17) is 4.74 Å². The maximum atomic E-state index is 12.1. The molecule has 3 fully saturated rings. The highest BCUT2D eigenvalue weighted by Gasteiger charge is 2.34. The van der Waals surface area contributed by atoms with Gasteiger partial charge in [0.05, 0.1) is 7.11 Å². The monoisotopic (exact) mass is 337 g/mol. The first-order valence-electron chi connectivity index (χ1n) is 9.53. The van der Waals surface area contributed by atoms with Crippen LogP contribution in [0, 0.1) is 11.8 Å². The first-order chi connectivity index (χ1) is 11.7. The summed E-state index contributed by atoms with van der Waals surface area (Å²) in [5.41, 5.74) is 0. The summed E-state index contributed by atoms with van der Waals surface area (Å²) in [7, 11) is 1.46. The molecule has 0 aromatic heterocycles. The summed E-state index contributed by atoms with van der Waals surface area (Å²) < 4.78 is 4.85. The molecule has 6 heteroatoms. The van der Waals surface area contributed by atoms with Gasteiger partial charge in [-0.3, -0.25) is 4.79 Å². The summed E-state index contributed by atoms with van der Waals surface area (Å²) >= 11 is 0. The van der Waals surface area contributed by atoms with Crippen LogP contribution in [0.4, 0.5) is 4.79 Å². The minimum absolute atomic E-state index is 0.197. The number of nitrogens with one attached hydrogen (secondary N) is 1. The molecule has 0 aromatic rings. The van der Waals surface area contributed by atoms with E-state index >= 15 is 0 Å². The number of rotatable bonds is 2. The van der Waals surface area contributed by atoms with E-state index in [0.717, 1.165) is 77.7 Å². The van der Waals surface area contributed by atoms with Crippen LogP contribution in [0.2, 0.25) is 0 Å². The molecule has 0 saturated carbocycles. The van der Waals surface area contributed by atoms with Crippen LogP contribution in [-0.2, 0) is 9.53 Å². The van der Waals surface area contributed by atoms with Gasteiger partial charge in [-0.25, -0.2) is 4.79 Å². The van der Waals surface area contributed by atoms with Crippen molar-refractivity contribution >= 4 is 12.0 Å². The highest BCUT2D eigenvalue weighted by atomic mass is 16.5. The van der Waals surface area contributed by atoms with Gasteiger partial charge in [-0.05, 0) is 64.0 Å². The number of hydrogen-bond donors (Lipinski definition) is 1. The van der Waals surface area contributed by atoms with Crippen molar-refractivity contribution in [3.05, 3.63) is 0 Å². The summed E-state index contributed by atoms with van der Waals surface area (Å²) in [6, 6.07) is 0.570. The Bertz CT molecular complexity index is 449. The average Bonchev–Trinajstić information content (AvgIpc) is 2.88. The molecule has 0 radical (unpaired) electrons. The molecule has 3 aliphatic heterocycles. The van der Waals surface area contributed by atoms with Gasteiger partial charge in [-0.1, -0.05) is 0 Å². The Morgan fingerprint density at radius 2 is 1.83 bits per heavy atom. The molecule has 136 valence electrons. The molecule has 2 atom stereocenters. The van der Waals surface area contributed by atoms with Gasteiger partial charge in [0.25, 0.3) is 0 Å². The Labute approximate surface area is 144 Å². The van der Waals surface area contributed by atoms with Crippen molar-refractivity contribution in [1.82, 2.24) is 15.1 Å². The summed E-state index contributed by atoms with van der Waals surface area (Å²) in [6.07, 6.45) is 7.50. The first-order valence-corrected chi connectivity index (χ1v) is 9.53. The molecule has 0 aliphatic carbocycles. The molecule has 3 heterocycles. The summed E-state index contributed by atoms with van der Waals surface area (Å²) in [5.74, 6) is 1.08. The molecule has 24 heavy (non-hydrogen) atoms. The summed E-state index contributed by atoms with van der Waals surface area (Å²) in [6.45, 7) is 4.64. The van der Waals surface area contributed by atoms with Crippen molar-refractivity contribution < 1.29 is 14.3 Å². The van der Waals surface area contributed by atoms with Crippen molar-refractivity contribution in [2.45, 2.75) is 51.0 Å². The Hall–Kier alpha value is -1.30. The van der Waals surface area contributed by atoms with Crippen molar-refractivity contribution in [3.63, 3.8) is 0 Å². The standard InChI is InChI=1S/C18H31N3O3/c1-24-18(23)21-10-3-4-15(8-13-21)20-11-6-14(7-12-20)16-5-2-9-19-17(16)22/h14-16H,2-13H2,1H3,(H,19,22). The molecule has 2 unspecified atom stereocenters. The third-order valence-electron chi connectivity index (χ3n) is 6.12. The van der Waals surface area contributed by atoms with E-state index in [9.17, 15) is 9.59 Å². The number of ether oxygens (including phenoxy) is 1. The third-order valence-corrected chi connectivity index (χ3v) is 6.12. The number of hydrogen-bond acceptors (Lipinski definition) is 4. The van der Waals surface area contributed by atoms with E-state index in [-0.39, 0.29) is 17.9 Å². The van der Waals surface area contributed by atoms with Gasteiger partial charge in [-0.2, -0.15) is 0 Å². The second kappa shape index (κ2) is 8.19. The van der Waals surface area contributed by atoms with Crippen molar-refractivity contribution in [2.24, 2.45) is 11.8 Å². The molecule has 6 nitrogen and oxygen atoms in total. The van der Waals surface area contributed by atoms with Crippen LogP contribution in [0.15, 0.2) is 0 Å². The minimum Gasteiger partial charge on any atom is -0.453 e. The lowest BCUT2D eigenvalue weighted by molar-refractivity contribution is -0.129. The van der Waals surface area contributed by atoms with E-state index in [1.807, 2.05) is 4.90 Å². The lowest BCUT2D eigenvalue weighted by atomic mass is 9.79. The molecule has 1 N–H and O–H groups in total. The van der Waals surface area contributed by atoms with Gasteiger partial charge in [0.2, 0.25) is 5.91 Å². The average molecular weight is 337 g/mol. The number of likely N-dealkylation sites (tertiary alicyclic amines) is 2. The van der Waals surface area contributed by atoms with Crippen LogP contribution >= 0.6 is 0 Å². The second-order valence-corrected chi connectivity index (χ2v) is 7.45. The topological polar surface area (TPSA) is 61.9 Å². The molecular formula is C18H31N3O3. The first kappa shape index (κ1) is 17.5. The van der Waals surface area contributed by atoms with Gasteiger partial charge in [0.1, 0.15) is 0 Å². The maximum Gasteiger partial charge on any atom is 0.409 e. The highest BCUT2D eigenvalue weighted by molar-refractivity contribution is 5.79. The zero-order valence-electron chi connectivity index (χ0n) is 14.8. The zero-order chi connectivity index (χ0) is 16.9. The van der Waals surface area contributed by atoms with Gasteiger partial charge in [0, 0.05) is 31.6 Å². The van der Waals surface area contributed by atoms with E-state index in [1.54, 1.807) is 0 Å². The molecule has 3 aliphatic rings. The molecule has 0 aromatic carbocycles. The lowest BCUT2D eigenvalue weighted by Gasteiger charge is -2.40. The molecular weight excluding hydrogens is 306 g/mol. The Balaban J connectivity index is 1.48. The largest absolute Gasteiger partial charge is 0.453 e. The summed E-state index contributed by atoms with van der Waals surface area (Å²) in [4.78, 5) is 28.2. The van der Waals surface area contributed by atoms with Crippen LogP contribution in [0.3, 0.4) is 0 Å². The Kier molecular flexibility index (Phi) is 5.98. The molecule has 3 rings (SSSR count). The van der Waals surface area contributed by atoms with E-state index in [2.05, 4.69) is 10.2 Å². The predicted octanol–water partition coefficient (Wildman–Crippen LogP) is 1.85. The predicted molar refractivity (Wildman–Crippen MR) is 91.6 cm³/mol. The third kappa shape index (κ3) is 4.02. The minimum atomic E-state index is -0.197. The van der Waals surface area contributed by atoms with Crippen LogP contribution in [0.25, 0.3) is 0 Å². The second-order valence-electron chi connectivity index (χ2n) is 7.45. The summed E-state index contributed by atoms with van der Waals surface area (Å²) in [5, 5.41) is 3.03. The Morgan fingerprint density at radius 1 is 1.04 bits per heavy atom. The fraction of sp³-hybridized carbons (Fsp3) is 0.889. The fourth-order valence-corrected chi connectivity index (χ4v) is 4.69. The van der Waals surface area contributed by atoms with E-state index in [1.165, 1.54) is 7.11 Å². The number of methoxy groups -OCH3 is 1. The fourth-order valence-electron chi connectivity index (χ4n) is 4.69. The quantitative estimate of drug-likeness (QED) is 0.835. The maximum absolute atomic E-state index is 12.1. The van der Waals surface area contributed by atoms with E-state index < -0.39 is 0 Å². The Morgan fingerprint density at radius 3 is 2.54 bits per heavy atom. The van der Waals surface area contributed by atoms with Gasteiger partial charge < -0.3 is 19.9 Å². The molecule has 3 saturated heterocycles. The van der Waals surface area contributed by atoms with Crippen LogP contribution in [0.1, 0.15) is 44.9 Å². The van der Waals surface area contributed by atoms with Gasteiger partial charge in [0.15, 0.2) is 0 Å². The van der Waals surface area contributed by atoms with Crippen molar-refractivity contribution in [2.75, 3.05) is 39.8 Å². The van der Waals surface area contributed by atoms with Crippen molar-refractivity contribution in [3.8, 4) is 0 Å². The van der Waals surface area contributed by atoms with Crippen LogP contribution in [0.5, 0.6) is 0 Å². The van der Waals surface area contributed by atoms with Crippen molar-refractivity contribution in [1.29, 1.82) is 0 Å². The normalized spacial score (nSPS) is 30.5. The number of piperidine rings is 2. The number of carbonyl (C=O) groups is 2. The molecule has 0 spiro atoms. The SMILES string of the molecule is COC(=O)N1CCCC(N2CCC(C3CCCNC3=O)CC2)CC1. The number of nitrogens with zero attached hydrogens (tertiary/aromatic N) is 2. The number of amides is 2. The highest BCUT2D eigenvalue weighted by Crippen LogP contribution is 2.32. The zero-order valence-corrected chi connectivity index (χ0v) is 14.8. The lowest BCUT2D eigenvalue weighted by Crippen LogP contribution is -2.47. The van der Waals surface area contributed by atoms with Crippen LogP contribution < -0.4 is 5.32 Å². The molecule has 0 bridgehead atoms. The van der Waals surface area contributed by atoms with E-state index in [0.29, 0.717) is 12.0 Å². The smallest absolute Gasteiger partial charge is 0.409 e. The van der Waals surface area contributed by atoms with Gasteiger partial charge >= 0.3 is 6.09 Å². The van der Waals surface area contributed by atoms with Gasteiger partial charge in [-0.15, -0.1) is 0 Å². The van der Waals surface area contributed by atoms with Crippen LogP contribution in [-0.4, -0.2) is 67.7 Å². The number of carbonyl (C=O) groups excluding carboxylic acids is 2. The molecule has 2 amide bonds.